The largest absolute Gasteiger partial charge is 0.481 e. The van der Waals surface area contributed by atoms with Crippen molar-refractivity contribution in [1.29, 1.82) is 0 Å². The fourth-order valence-corrected chi connectivity index (χ4v) is 2.94. The summed E-state index contributed by atoms with van der Waals surface area (Å²) in [5, 5.41) is 13.3. The maximum atomic E-state index is 13.1. The molecule has 0 radical (unpaired) electrons. The zero-order valence-corrected chi connectivity index (χ0v) is 15.9. The number of hydrogen-bond donors (Lipinski definition) is 1. The van der Waals surface area contributed by atoms with E-state index in [2.05, 4.69) is 5.10 Å². The van der Waals surface area contributed by atoms with Crippen LogP contribution in [0.1, 0.15) is 55.2 Å². The number of benzene rings is 1. The van der Waals surface area contributed by atoms with E-state index >= 15 is 0 Å². The summed E-state index contributed by atoms with van der Waals surface area (Å²) < 4.78 is 1.85. The molecule has 0 unspecified atom stereocenters. The lowest BCUT2D eigenvalue weighted by molar-refractivity contribution is -0.137. The first-order valence-electron chi connectivity index (χ1n) is 8.80. The summed E-state index contributed by atoms with van der Waals surface area (Å²) in [5.41, 5.74) is 2.18. The fourth-order valence-electron chi connectivity index (χ4n) is 2.94. The third kappa shape index (κ3) is 4.94. The Morgan fingerprint density at radius 2 is 1.85 bits per heavy atom. The number of aromatic nitrogens is 2. The second kappa shape index (κ2) is 8.17. The Labute approximate surface area is 154 Å². The molecule has 2 rings (SSSR count). The number of amides is 1. The van der Waals surface area contributed by atoms with Crippen molar-refractivity contribution in [3.05, 3.63) is 53.3 Å². The molecule has 1 aromatic heterocycles. The van der Waals surface area contributed by atoms with Gasteiger partial charge in [-0.15, -0.1) is 0 Å². The molecule has 1 N–H and O–H groups in total. The van der Waals surface area contributed by atoms with E-state index in [-0.39, 0.29) is 17.9 Å². The van der Waals surface area contributed by atoms with Gasteiger partial charge in [-0.2, -0.15) is 5.10 Å². The zero-order chi connectivity index (χ0) is 19.3. The maximum Gasteiger partial charge on any atom is 0.303 e. The molecular weight excluding hydrogens is 330 g/mol. The van der Waals surface area contributed by atoms with Crippen molar-refractivity contribution >= 4 is 11.9 Å². The Morgan fingerprint density at radius 3 is 2.38 bits per heavy atom. The van der Waals surface area contributed by atoms with Gasteiger partial charge < -0.3 is 10.0 Å². The van der Waals surface area contributed by atoms with Gasteiger partial charge in [0.2, 0.25) is 0 Å². The highest BCUT2D eigenvalue weighted by molar-refractivity contribution is 5.95. The number of carboxylic acids is 1. The van der Waals surface area contributed by atoms with Crippen molar-refractivity contribution in [3.8, 4) is 0 Å². The Morgan fingerprint density at radius 1 is 1.19 bits per heavy atom. The molecule has 0 saturated carbocycles. The van der Waals surface area contributed by atoms with Gasteiger partial charge in [-0.25, -0.2) is 0 Å². The first kappa shape index (κ1) is 19.7. The number of carboxylic acid groups (broad SMARTS) is 1. The van der Waals surface area contributed by atoms with Gasteiger partial charge in [0, 0.05) is 25.2 Å². The maximum absolute atomic E-state index is 13.1. The fraction of sp³-hybridized carbons (Fsp3) is 0.450. The van der Waals surface area contributed by atoms with Crippen LogP contribution in [0, 0.1) is 6.92 Å². The molecule has 0 bridgehead atoms. The minimum Gasteiger partial charge on any atom is -0.481 e. The molecule has 1 heterocycles. The molecule has 1 aromatic carbocycles. The molecule has 26 heavy (non-hydrogen) atoms. The average molecular weight is 357 g/mol. The van der Waals surface area contributed by atoms with Gasteiger partial charge in [-0.3, -0.25) is 14.3 Å². The predicted octanol–water partition coefficient (Wildman–Crippen LogP) is 3.45. The van der Waals surface area contributed by atoms with E-state index < -0.39 is 5.97 Å². The number of nitrogens with zero attached hydrogens (tertiary/aromatic N) is 3. The summed E-state index contributed by atoms with van der Waals surface area (Å²) in [6.45, 7) is 8.84. The van der Waals surface area contributed by atoms with Gasteiger partial charge in [-0.05, 0) is 39.7 Å². The van der Waals surface area contributed by atoms with Crippen LogP contribution in [0.2, 0.25) is 0 Å². The van der Waals surface area contributed by atoms with Gasteiger partial charge >= 0.3 is 5.97 Å². The molecule has 0 saturated heterocycles. The monoisotopic (exact) mass is 357 g/mol. The van der Waals surface area contributed by atoms with Crippen LogP contribution >= 0.6 is 0 Å². The molecule has 0 atom stereocenters. The van der Waals surface area contributed by atoms with Gasteiger partial charge in [0.05, 0.1) is 17.3 Å². The van der Waals surface area contributed by atoms with Gasteiger partial charge in [-0.1, -0.05) is 30.3 Å². The van der Waals surface area contributed by atoms with Crippen LogP contribution in [0.3, 0.4) is 0 Å². The third-order valence-corrected chi connectivity index (χ3v) is 4.20. The Bertz CT molecular complexity index is 760. The summed E-state index contributed by atoms with van der Waals surface area (Å²) in [4.78, 5) is 25.6. The van der Waals surface area contributed by atoms with E-state index in [0.717, 1.165) is 11.3 Å². The molecule has 0 spiro atoms. The molecule has 0 aliphatic heterocycles. The Kier molecular flexibility index (Phi) is 6.18. The topological polar surface area (TPSA) is 75.4 Å². The van der Waals surface area contributed by atoms with Gasteiger partial charge in [0.25, 0.3) is 5.91 Å². The van der Waals surface area contributed by atoms with E-state index in [1.807, 2.05) is 62.7 Å². The van der Waals surface area contributed by atoms with E-state index in [9.17, 15) is 9.59 Å². The minimum atomic E-state index is -0.853. The molecule has 1 amide bonds. The zero-order valence-electron chi connectivity index (χ0n) is 15.9. The van der Waals surface area contributed by atoms with Crippen LogP contribution in [0.15, 0.2) is 36.5 Å². The third-order valence-electron chi connectivity index (χ3n) is 4.20. The van der Waals surface area contributed by atoms with E-state index in [0.29, 0.717) is 25.1 Å². The molecular formula is C20H27N3O3. The standard InChI is InChI=1S/C20H27N3O3/c1-15-17(13-21-23(15)20(2,3)4)19(26)22(12-8-11-18(24)25)14-16-9-6-5-7-10-16/h5-7,9-10,13H,8,11-12,14H2,1-4H3,(H,24,25). The van der Waals surface area contributed by atoms with Crippen molar-refractivity contribution in [1.82, 2.24) is 14.7 Å². The lowest BCUT2D eigenvalue weighted by Gasteiger charge is -2.24. The van der Waals surface area contributed by atoms with Crippen LogP contribution in [0.5, 0.6) is 0 Å². The first-order valence-corrected chi connectivity index (χ1v) is 8.80. The average Bonchev–Trinajstić information content (AvgIpc) is 2.95. The summed E-state index contributed by atoms with van der Waals surface area (Å²) in [7, 11) is 0. The molecule has 0 aliphatic carbocycles. The first-order chi connectivity index (χ1) is 12.2. The number of aliphatic carboxylic acids is 1. The van der Waals surface area contributed by atoms with Crippen molar-refractivity contribution in [3.63, 3.8) is 0 Å². The van der Waals surface area contributed by atoms with Crippen LogP contribution in [0.25, 0.3) is 0 Å². The second-order valence-corrected chi connectivity index (χ2v) is 7.44. The Hall–Kier alpha value is -2.63. The molecule has 6 heteroatoms. The van der Waals surface area contributed by atoms with Gasteiger partial charge in [0.15, 0.2) is 0 Å². The van der Waals surface area contributed by atoms with E-state index in [4.69, 9.17) is 5.11 Å². The highest BCUT2D eigenvalue weighted by Crippen LogP contribution is 2.20. The van der Waals surface area contributed by atoms with Crippen LogP contribution in [0.4, 0.5) is 0 Å². The summed E-state index contributed by atoms with van der Waals surface area (Å²) in [6, 6.07) is 9.71. The lowest BCUT2D eigenvalue weighted by Crippen LogP contribution is -2.32. The number of hydrogen-bond acceptors (Lipinski definition) is 3. The smallest absolute Gasteiger partial charge is 0.303 e. The number of carbonyl (C=O) groups is 2. The molecule has 140 valence electrons. The quantitative estimate of drug-likeness (QED) is 0.823. The van der Waals surface area contributed by atoms with Gasteiger partial charge in [0.1, 0.15) is 0 Å². The SMILES string of the molecule is Cc1c(C(=O)N(CCCC(=O)O)Cc2ccccc2)cnn1C(C)(C)C. The van der Waals surface area contributed by atoms with Crippen LogP contribution < -0.4 is 0 Å². The molecule has 2 aromatic rings. The summed E-state index contributed by atoms with van der Waals surface area (Å²) in [5.74, 6) is -0.971. The molecule has 0 fully saturated rings. The lowest BCUT2D eigenvalue weighted by atomic mass is 10.1. The number of carbonyl (C=O) groups excluding carboxylic acids is 1. The molecule has 0 aliphatic rings. The summed E-state index contributed by atoms with van der Waals surface area (Å²) in [6.07, 6.45) is 2.07. The van der Waals surface area contributed by atoms with Crippen molar-refractivity contribution < 1.29 is 14.7 Å². The second-order valence-electron chi connectivity index (χ2n) is 7.44. The van der Waals surface area contributed by atoms with E-state index in [1.165, 1.54) is 0 Å². The predicted molar refractivity (Wildman–Crippen MR) is 100 cm³/mol. The van der Waals surface area contributed by atoms with Crippen molar-refractivity contribution in [2.45, 2.75) is 52.6 Å². The summed E-state index contributed by atoms with van der Waals surface area (Å²) >= 11 is 0. The van der Waals surface area contributed by atoms with E-state index in [1.54, 1.807) is 11.1 Å². The number of rotatable bonds is 7. The Balaban J connectivity index is 2.24. The minimum absolute atomic E-state index is 0.0405. The molecule has 6 nitrogen and oxygen atoms in total. The van der Waals surface area contributed by atoms with Crippen LogP contribution in [-0.4, -0.2) is 38.2 Å². The normalized spacial score (nSPS) is 11.4. The highest BCUT2D eigenvalue weighted by Gasteiger charge is 2.24. The van der Waals surface area contributed by atoms with Crippen molar-refractivity contribution in [2.24, 2.45) is 0 Å². The highest BCUT2D eigenvalue weighted by atomic mass is 16.4. The van der Waals surface area contributed by atoms with Crippen molar-refractivity contribution in [2.75, 3.05) is 6.54 Å². The van der Waals surface area contributed by atoms with Crippen LogP contribution in [-0.2, 0) is 16.9 Å².